The zero-order valence-corrected chi connectivity index (χ0v) is 16.4. The summed E-state index contributed by atoms with van der Waals surface area (Å²) in [5.41, 5.74) is 2.51. The van der Waals surface area contributed by atoms with Crippen molar-refractivity contribution in [1.29, 1.82) is 0 Å². The Labute approximate surface area is 176 Å². The standard InChI is InChI=1S/C23H19F3N4O/c24-23(25,26)15-30(13-10-17-14-29-19-9-5-4-8-18(17)19)22(31)21-20(27-11-12-28-21)16-6-2-1-3-7-16/h1-9,11-12,14,29H,10,13,15H2. The molecule has 0 saturated carbocycles. The van der Waals surface area contributed by atoms with Gasteiger partial charge in [0.05, 0.1) is 0 Å². The minimum absolute atomic E-state index is 0.100. The van der Waals surface area contributed by atoms with Gasteiger partial charge in [-0.15, -0.1) is 0 Å². The van der Waals surface area contributed by atoms with Crippen molar-refractivity contribution in [3.05, 3.63) is 84.4 Å². The highest BCUT2D eigenvalue weighted by Crippen LogP contribution is 2.24. The number of para-hydroxylation sites is 1. The average molecular weight is 424 g/mol. The average Bonchev–Trinajstić information content (AvgIpc) is 3.19. The fourth-order valence-corrected chi connectivity index (χ4v) is 3.51. The first-order valence-electron chi connectivity index (χ1n) is 9.70. The summed E-state index contributed by atoms with van der Waals surface area (Å²) in [6.45, 7) is -1.47. The molecule has 2 aromatic carbocycles. The van der Waals surface area contributed by atoms with Crippen LogP contribution in [-0.4, -0.2) is 45.0 Å². The molecular weight excluding hydrogens is 405 g/mol. The molecule has 0 fully saturated rings. The molecule has 0 unspecified atom stereocenters. The van der Waals surface area contributed by atoms with Crippen LogP contribution in [0.3, 0.4) is 0 Å². The van der Waals surface area contributed by atoms with Crippen LogP contribution in [0.2, 0.25) is 0 Å². The first-order chi connectivity index (χ1) is 14.9. The van der Waals surface area contributed by atoms with E-state index in [1.54, 1.807) is 36.5 Å². The van der Waals surface area contributed by atoms with Gasteiger partial charge in [0.15, 0.2) is 5.69 Å². The topological polar surface area (TPSA) is 61.9 Å². The smallest absolute Gasteiger partial charge is 0.361 e. The number of rotatable bonds is 6. The summed E-state index contributed by atoms with van der Waals surface area (Å²) >= 11 is 0. The van der Waals surface area contributed by atoms with E-state index in [0.29, 0.717) is 5.56 Å². The summed E-state index contributed by atoms with van der Waals surface area (Å²) in [5.74, 6) is -0.802. The lowest BCUT2D eigenvalue weighted by Gasteiger charge is -2.24. The van der Waals surface area contributed by atoms with E-state index in [9.17, 15) is 18.0 Å². The second kappa shape index (κ2) is 8.59. The van der Waals surface area contributed by atoms with E-state index < -0.39 is 18.6 Å². The van der Waals surface area contributed by atoms with Crippen LogP contribution in [0.1, 0.15) is 16.1 Å². The first-order valence-corrected chi connectivity index (χ1v) is 9.70. The van der Waals surface area contributed by atoms with Crippen molar-refractivity contribution in [3.8, 4) is 11.3 Å². The minimum atomic E-state index is -4.54. The predicted molar refractivity (Wildman–Crippen MR) is 111 cm³/mol. The van der Waals surface area contributed by atoms with Crippen LogP contribution in [0.25, 0.3) is 22.2 Å². The van der Waals surface area contributed by atoms with Crippen molar-refractivity contribution in [3.63, 3.8) is 0 Å². The number of amides is 1. The Kier molecular flexibility index (Phi) is 5.70. The molecule has 0 atom stereocenters. The van der Waals surface area contributed by atoms with E-state index in [1.165, 1.54) is 12.4 Å². The summed E-state index contributed by atoms with van der Waals surface area (Å²) in [5, 5.41) is 0.923. The van der Waals surface area contributed by atoms with Gasteiger partial charge in [-0.05, 0) is 18.1 Å². The van der Waals surface area contributed by atoms with Crippen LogP contribution in [0.5, 0.6) is 0 Å². The summed E-state index contributed by atoms with van der Waals surface area (Å²) < 4.78 is 39.9. The number of alkyl halides is 3. The molecule has 4 rings (SSSR count). The van der Waals surface area contributed by atoms with Crippen LogP contribution in [0.15, 0.2) is 73.2 Å². The van der Waals surface area contributed by atoms with Gasteiger partial charge in [-0.2, -0.15) is 13.2 Å². The van der Waals surface area contributed by atoms with E-state index in [0.717, 1.165) is 21.4 Å². The van der Waals surface area contributed by atoms with Crippen LogP contribution in [-0.2, 0) is 6.42 Å². The van der Waals surface area contributed by atoms with Crippen molar-refractivity contribution in [2.75, 3.05) is 13.1 Å². The zero-order valence-electron chi connectivity index (χ0n) is 16.4. The lowest BCUT2D eigenvalue weighted by Crippen LogP contribution is -2.40. The SMILES string of the molecule is O=C(c1nccnc1-c1ccccc1)N(CCc1c[nH]c2ccccc12)CC(F)(F)F. The molecule has 2 heterocycles. The molecule has 8 heteroatoms. The molecule has 0 radical (unpaired) electrons. The molecule has 2 aromatic heterocycles. The molecule has 5 nitrogen and oxygen atoms in total. The van der Waals surface area contributed by atoms with Crippen molar-refractivity contribution in [1.82, 2.24) is 19.9 Å². The third kappa shape index (κ3) is 4.74. The number of aromatic nitrogens is 3. The molecule has 0 spiro atoms. The number of aromatic amines is 1. The molecule has 31 heavy (non-hydrogen) atoms. The van der Waals surface area contributed by atoms with Gasteiger partial charge in [-0.3, -0.25) is 9.78 Å². The highest BCUT2D eigenvalue weighted by atomic mass is 19.4. The Balaban J connectivity index is 1.63. The fourth-order valence-electron chi connectivity index (χ4n) is 3.51. The summed E-state index contributed by atoms with van der Waals surface area (Å²) in [6, 6.07) is 16.3. The molecule has 1 N–H and O–H groups in total. The highest BCUT2D eigenvalue weighted by molar-refractivity contribution is 5.98. The number of hydrogen-bond acceptors (Lipinski definition) is 3. The molecule has 0 aliphatic carbocycles. The predicted octanol–water partition coefficient (Wildman–Crippen LogP) is 4.87. The molecule has 158 valence electrons. The summed E-state index contributed by atoms with van der Waals surface area (Å²) in [7, 11) is 0. The van der Waals surface area contributed by atoms with Gasteiger partial charge in [0.2, 0.25) is 0 Å². The van der Waals surface area contributed by atoms with E-state index in [2.05, 4.69) is 15.0 Å². The van der Waals surface area contributed by atoms with Crippen LogP contribution in [0, 0.1) is 0 Å². The molecule has 0 aliphatic rings. The number of carbonyl (C=O) groups excluding carboxylic acids is 1. The molecular formula is C23H19F3N4O. The Hall–Kier alpha value is -3.68. The normalized spacial score (nSPS) is 11.6. The number of halogens is 3. The van der Waals surface area contributed by atoms with Gasteiger partial charge in [0.25, 0.3) is 5.91 Å². The van der Waals surface area contributed by atoms with Crippen molar-refractivity contribution in [2.45, 2.75) is 12.6 Å². The van der Waals surface area contributed by atoms with Gasteiger partial charge >= 0.3 is 6.18 Å². The van der Waals surface area contributed by atoms with Gasteiger partial charge in [0, 0.05) is 41.6 Å². The van der Waals surface area contributed by atoms with Crippen molar-refractivity contribution >= 4 is 16.8 Å². The van der Waals surface area contributed by atoms with E-state index in [4.69, 9.17) is 0 Å². The Morgan fingerprint density at radius 3 is 2.45 bits per heavy atom. The van der Waals surface area contributed by atoms with Crippen molar-refractivity contribution < 1.29 is 18.0 Å². The number of carbonyl (C=O) groups is 1. The largest absolute Gasteiger partial charge is 0.406 e. The first kappa shape index (κ1) is 20.6. The van der Waals surface area contributed by atoms with Crippen LogP contribution >= 0.6 is 0 Å². The Morgan fingerprint density at radius 1 is 0.968 bits per heavy atom. The van der Waals surface area contributed by atoms with E-state index in [1.807, 2.05) is 24.3 Å². The molecule has 0 bridgehead atoms. The number of nitrogens with one attached hydrogen (secondary N) is 1. The Bertz CT molecular complexity index is 1190. The van der Waals surface area contributed by atoms with Crippen LogP contribution in [0.4, 0.5) is 13.2 Å². The van der Waals surface area contributed by atoms with E-state index >= 15 is 0 Å². The second-order valence-corrected chi connectivity index (χ2v) is 7.07. The molecule has 0 saturated heterocycles. The van der Waals surface area contributed by atoms with Gasteiger partial charge in [-0.1, -0.05) is 48.5 Å². The number of H-pyrrole nitrogens is 1. The monoisotopic (exact) mass is 424 g/mol. The summed E-state index contributed by atoms with van der Waals surface area (Å²) in [4.78, 5) is 25.3. The number of nitrogens with zero attached hydrogens (tertiary/aromatic N) is 3. The lowest BCUT2D eigenvalue weighted by molar-refractivity contribution is -0.140. The molecule has 4 aromatic rings. The third-order valence-electron chi connectivity index (χ3n) is 4.93. The second-order valence-electron chi connectivity index (χ2n) is 7.07. The van der Waals surface area contributed by atoms with E-state index in [-0.39, 0.29) is 24.4 Å². The molecule has 0 aliphatic heterocycles. The maximum absolute atomic E-state index is 13.3. The highest BCUT2D eigenvalue weighted by Gasteiger charge is 2.34. The van der Waals surface area contributed by atoms with Crippen LogP contribution < -0.4 is 0 Å². The van der Waals surface area contributed by atoms with Crippen molar-refractivity contribution in [2.24, 2.45) is 0 Å². The number of benzene rings is 2. The summed E-state index contributed by atoms with van der Waals surface area (Å²) in [6.07, 6.45) is 0.223. The van der Waals surface area contributed by atoms with Gasteiger partial charge in [-0.25, -0.2) is 4.98 Å². The maximum atomic E-state index is 13.3. The zero-order chi connectivity index (χ0) is 21.8. The quantitative estimate of drug-likeness (QED) is 0.480. The Morgan fingerprint density at radius 2 is 1.68 bits per heavy atom. The fraction of sp³-hybridized carbons (Fsp3) is 0.174. The maximum Gasteiger partial charge on any atom is 0.406 e. The molecule has 1 amide bonds. The van der Waals surface area contributed by atoms with Gasteiger partial charge in [0.1, 0.15) is 12.2 Å². The minimum Gasteiger partial charge on any atom is -0.361 e. The lowest BCUT2D eigenvalue weighted by atomic mass is 10.1. The van der Waals surface area contributed by atoms with Gasteiger partial charge < -0.3 is 9.88 Å². The third-order valence-corrected chi connectivity index (χ3v) is 4.93. The number of hydrogen-bond donors (Lipinski definition) is 1. The number of fused-ring (bicyclic) bond motifs is 1.